The Morgan fingerprint density at radius 1 is 1.67 bits per heavy atom. The van der Waals surface area contributed by atoms with Gasteiger partial charge in [-0.3, -0.25) is 9.18 Å². The quantitative estimate of drug-likeness (QED) is 0.601. The van der Waals surface area contributed by atoms with Crippen molar-refractivity contribution in [2.45, 2.75) is 6.42 Å². The number of hydrogen-bond donors (Lipinski definition) is 1. The van der Waals surface area contributed by atoms with Gasteiger partial charge in [-0.25, -0.2) is 0 Å². The number of carbonyl (C=O) groups is 1. The van der Waals surface area contributed by atoms with Crippen LogP contribution in [-0.4, -0.2) is 29.3 Å². The summed E-state index contributed by atoms with van der Waals surface area (Å²) in [6.07, 6.45) is 0.456. The molecular formula is C5H9FO2S. The number of rotatable bonds is 5. The standard InChI is InChI=1S/C5H9FO2S/c6-2-1-3-9-4-5(7)8/h1-4H2,(H,7,8). The molecule has 0 heterocycles. The fraction of sp³-hybridized carbons (Fsp3) is 0.800. The van der Waals surface area contributed by atoms with E-state index in [-0.39, 0.29) is 12.4 Å². The molecule has 0 unspecified atom stereocenters. The summed E-state index contributed by atoms with van der Waals surface area (Å²) in [5, 5.41) is 8.10. The van der Waals surface area contributed by atoms with E-state index in [1.54, 1.807) is 0 Å². The van der Waals surface area contributed by atoms with E-state index in [0.29, 0.717) is 12.2 Å². The van der Waals surface area contributed by atoms with Gasteiger partial charge in [0.25, 0.3) is 0 Å². The van der Waals surface area contributed by atoms with Crippen molar-refractivity contribution < 1.29 is 14.3 Å². The Kier molecular flexibility index (Phi) is 5.72. The molecule has 0 saturated heterocycles. The molecular weight excluding hydrogens is 143 g/mol. The summed E-state index contributed by atoms with van der Waals surface area (Å²) in [5.74, 6) is -0.151. The lowest BCUT2D eigenvalue weighted by Crippen LogP contribution is -1.98. The van der Waals surface area contributed by atoms with E-state index in [2.05, 4.69) is 0 Å². The molecule has 0 fully saturated rings. The molecule has 54 valence electrons. The van der Waals surface area contributed by atoms with Crippen molar-refractivity contribution in [1.82, 2.24) is 0 Å². The van der Waals surface area contributed by atoms with Gasteiger partial charge in [-0.1, -0.05) is 0 Å². The lowest BCUT2D eigenvalue weighted by molar-refractivity contribution is -0.133. The van der Waals surface area contributed by atoms with Gasteiger partial charge in [0.1, 0.15) is 0 Å². The summed E-state index contributed by atoms with van der Waals surface area (Å²) >= 11 is 1.25. The van der Waals surface area contributed by atoms with Crippen LogP contribution in [0.1, 0.15) is 6.42 Å². The van der Waals surface area contributed by atoms with Crippen LogP contribution in [0, 0.1) is 0 Å². The zero-order valence-electron chi connectivity index (χ0n) is 4.97. The third-order valence-corrected chi connectivity index (χ3v) is 1.68. The Morgan fingerprint density at radius 2 is 2.33 bits per heavy atom. The molecule has 4 heteroatoms. The number of aliphatic carboxylic acids is 1. The molecule has 0 aliphatic heterocycles. The number of thioether (sulfide) groups is 1. The van der Waals surface area contributed by atoms with Gasteiger partial charge in [-0.2, -0.15) is 11.8 Å². The van der Waals surface area contributed by atoms with Crippen LogP contribution in [0.2, 0.25) is 0 Å². The maximum absolute atomic E-state index is 11.4. The highest BCUT2D eigenvalue weighted by Gasteiger charge is 1.94. The SMILES string of the molecule is O=C(O)CSCCCF. The molecule has 0 saturated carbocycles. The predicted molar refractivity (Wildman–Crippen MR) is 35.6 cm³/mol. The Balaban J connectivity index is 2.83. The van der Waals surface area contributed by atoms with Crippen LogP contribution in [0.15, 0.2) is 0 Å². The maximum Gasteiger partial charge on any atom is 0.313 e. The summed E-state index contributed by atoms with van der Waals surface area (Å²) in [7, 11) is 0. The highest BCUT2D eigenvalue weighted by molar-refractivity contribution is 7.99. The second kappa shape index (κ2) is 5.88. The van der Waals surface area contributed by atoms with E-state index in [9.17, 15) is 9.18 Å². The fourth-order valence-corrected chi connectivity index (χ4v) is 0.948. The monoisotopic (exact) mass is 152 g/mol. The number of halogens is 1. The minimum absolute atomic E-state index is 0.0833. The van der Waals surface area contributed by atoms with Crippen molar-refractivity contribution in [2.75, 3.05) is 18.2 Å². The summed E-state index contributed by atoms with van der Waals surface area (Å²) in [5.41, 5.74) is 0. The first-order chi connectivity index (χ1) is 4.27. The molecule has 0 aromatic heterocycles. The first kappa shape index (κ1) is 8.75. The molecule has 1 N–H and O–H groups in total. The highest BCUT2D eigenvalue weighted by Crippen LogP contribution is 2.01. The van der Waals surface area contributed by atoms with E-state index in [0.717, 1.165) is 0 Å². The third-order valence-electron chi connectivity index (χ3n) is 0.648. The van der Waals surface area contributed by atoms with E-state index in [1.807, 2.05) is 0 Å². The van der Waals surface area contributed by atoms with E-state index >= 15 is 0 Å². The van der Waals surface area contributed by atoms with Gasteiger partial charge in [0, 0.05) is 0 Å². The molecule has 0 aliphatic rings. The summed E-state index contributed by atoms with van der Waals surface area (Å²) < 4.78 is 11.4. The first-order valence-corrected chi connectivity index (χ1v) is 3.78. The normalized spacial score (nSPS) is 9.44. The van der Waals surface area contributed by atoms with Crippen molar-refractivity contribution in [1.29, 1.82) is 0 Å². The average molecular weight is 152 g/mol. The van der Waals surface area contributed by atoms with Gasteiger partial charge >= 0.3 is 5.97 Å². The molecule has 0 amide bonds. The predicted octanol–water partition coefficient (Wildman–Crippen LogP) is 1.16. The third kappa shape index (κ3) is 7.75. The lowest BCUT2D eigenvalue weighted by Gasteiger charge is -1.92. The van der Waals surface area contributed by atoms with Crippen molar-refractivity contribution >= 4 is 17.7 Å². The number of carboxylic acids is 1. The van der Waals surface area contributed by atoms with Crippen LogP contribution < -0.4 is 0 Å². The zero-order valence-corrected chi connectivity index (χ0v) is 5.79. The molecule has 9 heavy (non-hydrogen) atoms. The average Bonchev–Trinajstić information content (AvgIpc) is 1.80. The minimum atomic E-state index is -0.834. The van der Waals surface area contributed by atoms with E-state index in [1.165, 1.54) is 11.8 Å². The molecule has 0 bridgehead atoms. The van der Waals surface area contributed by atoms with Gasteiger partial charge in [0.2, 0.25) is 0 Å². The van der Waals surface area contributed by atoms with Crippen LogP contribution in [0.5, 0.6) is 0 Å². The number of alkyl halides is 1. The molecule has 0 aromatic rings. The Hall–Kier alpha value is -0.250. The molecule has 0 aliphatic carbocycles. The largest absolute Gasteiger partial charge is 0.481 e. The molecule has 0 aromatic carbocycles. The van der Waals surface area contributed by atoms with Crippen molar-refractivity contribution in [2.24, 2.45) is 0 Å². The molecule has 0 spiro atoms. The summed E-state index contributed by atoms with van der Waals surface area (Å²) in [6, 6.07) is 0. The van der Waals surface area contributed by atoms with Crippen LogP contribution in [0.4, 0.5) is 4.39 Å². The Bertz CT molecular complexity index is 87.0. The zero-order chi connectivity index (χ0) is 7.11. The van der Waals surface area contributed by atoms with E-state index in [4.69, 9.17) is 5.11 Å². The van der Waals surface area contributed by atoms with Crippen molar-refractivity contribution in [3.63, 3.8) is 0 Å². The van der Waals surface area contributed by atoms with Gasteiger partial charge < -0.3 is 5.11 Å². The summed E-state index contributed by atoms with van der Waals surface area (Å²) in [6.45, 7) is -0.355. The van der Waals surface area contributed by atoms with Gasteiger partial charge in [0.05, 0.1) is 12.4 Å². The fourth-order valence-electron chi connectivity index (χ4n) is 0.316. The smallest absolute Gasteiger partial charge is 0.313 e. The minimum Gasteiger partial charge on any atom is -0.481 e. The van der Waals surface area contributed by atoms with Gasteiger partial charge in [-0.05, 0) is 12.2 Å². The number of hydrogen-bond acceptors (Lipinski definition) is 2. The maximum atomic E-state index is 11.4. The second-order valence-corrected chi connectivity index (χ2v) is 2.59. The van der Waals surface area contributed by atoms with Crippen molar-refractivity contribution in [3.8, 4) is 0 Å². The first-order valence-electron chi connectivity index (χ1n) is 2.63. The molecule has 0 rings (SSSR count). The molecule has 0 radical (unpaired) electrons. The Morgan fingerprint density at radius 3 is 2.78 bits per heavy atom. The Labute approximate surface area is 57.4 Å². The highest BCUT2D eigenvalue weighted by atomic mass is 32.2. The van der Waals surface area contributed by atoms with Crippen LogP contribution in [0.3, 0.4) is 0 Å². The van der Waals surface area contributed by atoms with Crippen molar-refractivity contribution in [3.05, 3.63) is 0 Å². The van der Waals surface area contributed by atoms with Crippen LogP contribution in [0.25, 0.3) is 0 Å². The second-order valence-electron chi connectivity index (χ2n) is 1.49. The van der Waals surface area contributed by atoms with Crippen LogP contribution >= 0.6 is 11.8 Å². The molecule has 0 atom stereocenters. The van der Waals surface area contributed by atoms with Crippen LogP contribution in [-0.2, 0) is 4.79 Å². The van der Waals surface area contributed by atoms with Gasteiger partial charge in [-0.15, -0.1) is 0 Å². The summed E-state index contributed by atoms with van der Waals surface area (Å²) in [4.78, 5) is 9.85. The molecule has 2 nitrogen and oxygen atoms in total. The number of carboxylic acid groups (broad SMARTS) is 1. The topological polar surface area (TPSA) is 37.3 Å². The van der Waals surface area contributed by atoms with E-state index < -0.39 is 5.97 Å². The lowest BCUT2D eigenvalue weighted by atomic mass is 10.6. The van der Waals surface area contributed by atoms with Gasteiger partial charge in [0.15, 0.2) is 0 Å².